The van der Waals surface area contributed by atoms with E-state index in [2.05, 4.69) is 6.07 Å². The van der Waals surface area contributed by atoms with Crippen molar-refractivity contribution >= 4 is 11.7 Å². The van der Waals surface area contributed by atoms with Crippen LogP contribution >= 0.6 is 0 Å². The summed E-state index contributed by atoms with van der Waals surface area (Å²) < 4.78 is 0. The minimum Gasteiger partial charge on any atom is -0.320 e. The minimum atomic E-state index is 0.0676. The molecule has 1 aliphatic heterocycles. The van der Waals surface area contributed by atoms with Gasteiger partial charge in [-0.3, -0.25) is 4.90 Å². The SMILES string of the molecule is CC(C)N1CCN(c2ccc(CC#N)cc2)C1=O. The first kappa shape index (κ1) is 12.4. The van der Waals surface area contributed by atoms with E-state index in [9.17, 15) is 4.79 Å². The normalized spacial score (nSPS) is 15.3. The molecule has 0 aromatic heterocycles. The molecular weight excluding hydrogens is 226 g/mol. The molecule has 0 bridgehead atoms. The number of anilines is 1. The molecule has 2 rings (SSSR count). The van der Waals surface area contributed by atoms with Crippen molar-refractivity contribution in [1.29, 1.82) is 5.26 Å². The second-order valence-corrected chi connectivity index (χ2v) is 4.72. The fourth-order valence-corrected chi connectivity index (χ4v) is 2.16. The van der Waals surface area contributed by atoms with Crippen LogP contribution in [0, 0.1) is 11.3 Å². The second kappa shape index (κ2) is 5.09. The van der Waals surface area contributed by atoms with Gasteiger partial charge in [-0.1, -0.05) is 12.1 Å². The Bertz CT molecular complexity index is 473. The van der Waals surface area contributed by atoms with Crippen LogP contribution in [0.5, 0.6) is 0 Å². The van der Waals surface area contributed by atoms with Crippen LogP contribution in [-0.4, -0.2) is 30.1 Å². The van der Waals surface area contributed by atoms with Gasteiger partial charge in [-0.15, -0.1) is 0 Å². The maximum Gasteiger partial charge on any atom is 0.324 e. The van der Waals surface area contributed by atoms with E-state index in [0.717, 1.165) is 24.3 Å². The summed E-state index contributed by atoms with van der Waals surface area (Å²) in [5, 5.41) is 8.62. The van der Waals surface area contributed by atoms with Gasteiger partial charge in [0, 0.05) is 24.8 Å². The largest absolute Gasteiger partial charge is 0.324 e. The number of nitriles is 1. The van der Waals surface area contributed by atoms with Crippen LogP contribution in [0.25, 0.3) is 0 Å². The first-order valence-electron chi connectivity index (χ1n) is 6.17. The van der Waals surface area contributed by atoms with Gasteiger partial charge in [-0.25, -0.2) is 4.79 Å². The molecule has 1 aromatic rings. The number of amides is 2. The molecule has 0 N–H and O–H groups in total. The molecule has 0 atom stereocenters. The fourth-order valence-electron chi connectivity index (χ4n) is 2.16. The summed E-state index contributed by atoms with van der Waals surface area (Å²) in [7, 11) is 0. The van der Waals surface area contributed by atoms with Crippen molar-refractivity contribution < 1.29 is 4.79 Å². The maximum atomic E-state index is 12.2. The second-order valence-electron chi connectivity index (χ2n) is 4.72. The van der Waals surface area contributed by atoms with E-state index in [1.54, 1.807) is 4.90 Å². The van der Waals surface area contributed by atoms with Crippen LogP contribution in [0.3, 0.4) is 0 Å². The number of rotatable bonds is 3. The van der Waals surface area contributed by atoms with E-state index in [-0.39, 0.29) is 12.1 Å². The van der Waals surface area contributed by atoms with Gasteiger partial charge < -0.3 is 4.90 Å². The molecule has 0 radical (unpaired) electrons. The highest BCUT2D eigenvalue weighted by Gasteiger charge is 2.30. The van der Waals surface area contributed by atoms with E-state index >= 15 is 0 Å². The number of benzene rings is 1. The molecule has 2 amide bonds. The topological polar surface area (TPSA) is 47.3 Å². The Morgan fingerprint density at radius 2 is 1.94 bits per heavy atom. The lowest BCUT2D eigenvalue weighted by Gasteiger charge is -2.21. The molecule has 1 heterocycles. The molecule has 0 unspecified atom stereocenters. The van der Waals surface area contributed by atoms with Gasteiger partial charge in [-0.05, 0) is 31.5 Å². The van der Waals surface area contributed by atoms with Crippen LogP contribution in [0.1, 0.15) is 19.4 Å². The summed E-state index contributed by atoms with van der Waals surface area (Å²) in [5.74, 6) is 0. The number of hydrogen-bond acceptors (Lipinski definition) is 2. The standard InChI is InChI=1S/C14H17N3O/c1-11(2)16-9-10-17(14(16)18)13-5-3-12(4-6-13)7-8-15/h3-6,11H,7,9-10H2,1-2H3. The molecule has 0 aliphatic carbocycles. The fraction of sp³-hybridized carbons (Fsp3) is 0.429. The molecule has 94 valence electrons. The quantitative estimate of drug-likeness (QED) is 0.818. The highest BCUT2D eigenvalue weighted by atomic mass is 16.2. The molecule has 1 saturated heterocycles. The van der Waals surface area contributed by atoms with Crippen molar-refractivity contribution in [2.24, 2.45) is 0 Å². The zero-order valence-electron chi connectivity index (χ0n) is 10.8. The zero-order valence-corrected chi connectivity index (χ0v) is 10.8. The maximum absolute atomic E-state index is 12.2. The van der Waals surface area contributed by atoms with E-state index < -0.39 is 0 Å². The van der Waals surface area contributed by atoms with Crippen molar-refractivity contribution in [3.8, 4) is 6.07 Å². The Balaban J connectivity index is 2.13. The molecule has 1 aromatic carbocycles. The monoisotopic (exact) mass is 243 g/mol. The third-order valence-electron chi connectivity index (χ3n) is 3.20. The molecule has 0 saturated carbocycles. The zero-order chi connectivity index (χ0) is 13.1. The molecule has 18 heavy (non-hydrogen) atoms. The molecule has 4 heteroatoms. The molecule has 1 aliphatic rings. The lowest BCUT2D eigenvalue weighted by molar-refractivity contribution is 0.209. The molecule has 1 fully saturated rings. The number of urea groups is 1. The summed E-state index contributed by atoms with van der Waals surface area (Å²) in [4.78, 5) is 15.8. The van der Waals surface area contributed by atoms with Crippen molar-refractivity contribution in [3.05, 3.63) is 29.8 Å². The van der Waals surface area contributed by atoms with E-state index in [1.807, 2.05) is 43.0 Å². The highest BCUT2D eigenvalue weighted by Crippen LogP contribution is 2.22. The van der Waals surface area contributed by atoms with Crippen LogP contribution in [0.2, 0.25) is 0 Å². The lowest BCUT2D eigenvalue weighted by Crippen LogP contribution is -2.36. The number of hydrogen-bond donors (Lipinski definition) is 0. The Hall–Kier alpha value is -2.02. The van der Waals surface area contributed by atoms with Crippen molar-refractivity contribution in [2.45, 2.75) is 26.3 Å². The van der Waals surface area contributed by atoms with Crippen molar-refractivity contribution in [3.63, 3.8) is 0 Å². The van der Waals surface area contributed by atoms with E-state index in [1.165, 1.54) is 0 Å². The van der Waals surface area contributed by atoms with Gasteiger partial charge in [-0.2, -0.15) is 5.26 Å². The van der Waals surface area contributed by atoms with Crippen molar-refractivity contribution in [1.82, 2.24) is 4.90 Å². The van der Waals surface area contributed by atoms with Crippen LogP contribution in [0.15, 0.2) is 24.3 Å². The van der Waals surface area contributed by atoms with Crippen molar-refractivity contribution in [2.75, 3.05) is 18.0 Å². The first-order chi connectivity index (χ1) is 8.63. The summed E-state index contributed by atoms with van der Waals surface area (Å²) in [6.45, 7) is 5.56. The Kier molecular flexibility index (Phi) is 3.52. The van der Waals surface area contributed by atoms with Crippen LogP contribution < -0.4 is 4.90 Å². The predicted molar refractivity (Wildman–Crippen MR) is 70.3 cm³/mol. The minimum absolute atomic E-state index is 0.0676. The van der Waals surface area contributed by atoms with Gasteiger partial charge in [0.25, 0.3) is 0 Å². The predicted octanol–water partition coefficient (Wildman–Crippen LogP) is 2.40. The van der Waals surface area contributed by atoms with E-state index in [4.69, 9.17) is 5.26 Å². The summed E-state index contributed by atoms with van der Waals surface area (Å²) in [5.41, 5.74) is 1.89. The van der Waals surface area contributed by atoms with Crippen LogP contribution in [-0.2, 0) is 6.42 Å². The Morgan fingerprint density at radius 1 is 1.28 bits per heavy atom. The van der Waals surface area contributed by atoms with E-state index in [0.29, 0.717) is 6.42 Å². The number of carbonyl (C=O) groups is 1. The molecular formula is C14H17N3O. The van der Waals surface area contributed by atoms with Gasteiger partial charge in [0.15, 0.2) is 0 Å². The highest BCUT2D eigenvalue weighted by molar-refractivity contribution is 5.94. The third-order valence-corrected chi connectivity index (χ3v) is 3.20. The first-order valence-corrected chi connectivity index (χ1v) is 6.17. The van der Waals surface area contributed by atoms with Gasteiger partial charge in [0.1, 0.15) is 0 Å². The smallest absolute Gasteiger partial charge is 0.320 e. The van der Waals surface area contributed by atoms with Gasteiger partial charge in [0.05, 0.1) is 12.5 Å². The summed E-state index contributed by atoms with van der Waals surface area (Å²) in [6.07, 6.45) is 0.409. The summed E-state index contributed by atoms with van der Waals surface area (Å²) in [6, 6.07) is 10.1. The molecule has 4 nitrogen and oxygen atoms in total. The molecule has 0 spiro atoms. The average Bonchev–Trinajstić information content (AvgIpc) is 2.73. The number of carbonyl (C=O) groups excluding carboxylic acids is 1. The van der Waals surface area contributed by atoms with Gasteiger partial charge in [0.2, 0.25) is 0 Å². The summed E-state index contributed by atoms with van der Waals surface area (Å²) >= 11 is 0. The lowest BCUT2D eigenvalue weighted by atomic mass is 10.1. The van der Waals surface area contributed by atoms with Gasteiger partial charge >= 0.3 is 6.03 Å². The number of nitrogens with zero attached hydrogens (tertiary/aromatic N) is 3. The average molecular weight is 243 g/mol. The third kappa shape index (κ3) is 2.30. The Morgan fingerprint density at radius 3 is 2.44 bits per heavy atom. The van der Waals surface area contributed by atoms with Crippen LogP contribution in [0.4, 0.5) is 10.5 Å². The Labute approximate surface area is 107 Å².